The van der Waals surface area contributed by atoms with Crippen LogP contribution in [-0.4, -0.2) is 44.9 Å². The van der Waals surface area contributed by atoms with Crippen LogP contribution in [0.25, 0.3) is 0 Å². The standard InChI is InChI=1S/C22H28N2O4S/c1-18-4-6-19(7-5-18)8-13-22(25)23-14-17-28-20-9-11-21(12-10-20)29(26,27)24-15-2-3-16-24/h4-7,9-12H,2-3,8,13-17H2,1H3,(H,23,25). The number of ether oxygens (including phenoxy) is 1. The molecule has 3 rings (SSSR count). The Morgan fingerprint density at radius 2 is 1.69 bits per heavy atom. The van der Waals surface area contributed by atoms with Crippen LogP contribution < -0.4 is 10.1 Å². The van der Waals surface area contributed by atoms with Gasteiger partial charge in [0.25, 0.3) is 0 Å². The molecule has 0 radical (unpaired) electrons. The Hall–Kier alpha value is -2.38. The van der Waals surface area contributed by atoms with Crippen molar-refractivity contribution >= 4 is 15.9 Å². The highest BCUT2D eigenvalue weighted by molar-refractivity contribution is 7.89. The highest BCUT2D eigenvalue weighted by atomic mass is 32.2. The summed E-state index contributed by atoms with van der Waals surface area (Å²) in [4.78, 5) is 12.2. The van der Waals surface area contributed by atoms with Crippen molar-refractivity contribution in [1.82, 2.24) is 9.62 Å². The molecule has 6 nitrogen and oxygen atoms in total. The van der Waals surface area contributed by atoms with Crippen LogP contribution in [0.2, 0.25) is 0 Å². The normalized spacial score (nSPS) is 14.7. The van der Waals surface area contributed by atoms with Crippen molar-refractivity contribution in [2.75, 3.05) is 26.2 Å². The van der Waals surface area contributed by atoms with Gasteiger partial charge in [-0.05, 0) is 56.0 Å². The Morgan fingerprint density at radius 1 is 1.03 bits per heavy atom. The maximum Gasteiger partial charge on any atom is 0.243 e. The van der Waals surface area contributed by atoms with Gasteiger partial charge < -0.3 is 10.1 Å². The third-order valence-corrected chi connectivity index (χ3v) is 6.89. The molecule has 0 bridgehead atoms. The first-order valence-electron chi connectivity index (χ1n) is 10.0. The largest absolute Gasteiger partial charge is 0.492 e. The van der Waals surface area contributed by atoms with Crippen LogP contribution in [0.3, 0.4) is 0 Å². The minimum absolute atomic E-state index is 0.0128. The summed E-state index contributed by atoms with van der Waals surface area (Å²) in [5.41, 5.74) is 2.35. The molecule has 1 heterocycles. The molecule has 0 aliphatic carbocycles. The van der Waals surface area contributed by atoms with Gasteiger partial charge in [0.1, 0.15) is 12.4 Å². The second-order valence-corrected chi connectivity index (χ2v) is 9.20. The lowest BCUT2D eigenvalue weighted by Gasteiger charge is -2.15. The van der Waals surface area contributed by atoms with Gasteiger partial charge in [-0.3, -0.25) is 4.79 Å². The number of aryl methyl sites for hydroxylation is 2. The fourth-order valence-corrected chi connectivity index (χ4v) is 4.76. The second kappa shape index (κ2) is 9.89. The van der Waals surface area contributed by atoms with Crippen LogP contribution in [-0.2, 0) is 21.2 Å². The number of hydrogen-bond donors (Lipinski definition) is 1. The number of sulfonamides is 1. The zero-order chi connectivity index (χ0) is 20.7. The van der Waals surface area contributed by atoms with E-state index in [9.17, 15) is 13.2 Å². The molecule has 156 valence electrons. The zero-order valence-electron chi connectivity index (χ0n) is 16.8. The number of carbonyl (C=O) groups excluding carboxylic acids is 1. The molecular weight excluding hydrogens is 388 g/mol. The van der Waals surface area contributed by atoms with Gasteiger partial charge in [0.15, 0.2) is 0 Å². The molecule has 1 fully saturated rings. The second-order valence-electron chi connectivity index (χ2n) is 7.27. The predicted molar refractivity (Wildman–Crippen MR) is 112 cm³/mol. The van der Waals surface area contributed by atoms with Crippen molar-refractivity contribution in [1.29, 1.82) is 0 Å². The van der Waals surface area contributed by atoms with Crippen molar-refractivity contribution in [3.05, 3.63) is 59.7 Å². The minimum Gasteiger partial charge on any atom is -0.492 e. The lowest BCUT2D eigenvalue weighted by Crippen LogP contribution is -2.28. The molecule has 0 spiro atoms. The summed E-state index contributed by atoms with van der Waals surface area (Å²) < 4.78 is 32.1. The van der Waals surface area contributed by atoms with Gasteiger partial charge in [-0.1, -0.05) is 29.8 Å². The summed E-state index contributed by atoms with van der Waals surface area (Å²) in [6.45, 7) is 3.94. The van der Waals surface area contributed by atoms with Gasteiger partial charge in [-0.25, -0.2) is 8.42 Å². The molecule has 2 aromatic carbocycles. The predicted octanol–water partition coefficient (Wildman–Crippen LogP) is 2.91. The van der Waals surface area contributed by atoms with E-state index in [4.69, 9.17) is 4.74 Å². The number of nitrogens with one attached hydrogen (secondary N) is 1. The quantitative estimate of drug-likeness (QED) is 0.638. The molecule has 0 unspecified atom stereocenters. The average molecular weight is 417 g/mol. The van der Waals surface area contributed by atoms with Crippen molar-refractivity contribution in [3.63, 3.8) is 0 Å². The van der Waals surface area contributed by atoms with Crippen LogP contribution in [0.4, 0.5) is 0 Å². The maximum atomic E-state index is 12.5. The number of hydrogen-bond acceptors (Lipinski definition) is 4. The van der Waals surface area contributed by atoms with Crippen LogP contribution in [0.15, 0.2) is 53.4 Å². The lowest BCUT2D eigenvalue weighted by atomic mass is 10.1. The number of nitrogens with zero attached hydrogens (tertiary/aromatic N) is 1. The number of carbonyl (C=O) groups is 1. The van der Waals surface area contributed by atoms with Crippen LogP contribution in [0, 0.1) is 6.92 Å². The molecule has 1 aliphatic rings. The Morgan fingerprint density at radius 3 is 2.34 bits per heavy atom. The Bertz CT molecular complexity index is 903. The third-order valence-electron chi connectivity index (χ3n) is 4.98. The molecule has 0 atom stereocenters. The Labute approximate surface area is 172 Å². The zero-order valence-corrected chi connectivity index (χ0v) is 17.6. The number of amides is 1. The molecule has 0 aromatic heterocycles. The van der Waals surface area contributed by atoms with Gasteiger partial charge in [-0.2, -0.15) is 4.31 Å². The molecule has 1 N–H and O–H groups in total. The topological polar surface area (TPSA) is 75.7 Å². The maximum absolute atomic E-state index is 12.5. The van der Waals surface area contributed by atoms with Gasteiger partial charge >= 0.3 is 0 Å². The van der Waals surface area contributed by atoms with Crippen molar-refractivity contribution in [2.24, 2.45) is 0 Å². The monoisotopic (exact) mass is 416 g/mol. The third kappa shape index (κ3) is 6.05. The van der Waals surface area contributed by atoms with E-state index in [1.807, 2.05) is 31.2 Å². The van der Waals surface area contributed by atoms with Gasteiger partial charge in [0.2, 0.25) is 15.9 Å². The smallest absolute Gasteiger partial charge is 0.243 e. The van der Waals surface area contributed by atoms with Gasteiger partial charge in [0.05, 0.1) is 11.4 Å². The first-order chi connectivity index (χ1) is 13.9. The molecule has 7 heteroatoms. The van der Waals surface area contributed by atoms with E-state index in [0.717, 1.165) is 18.4 Å². The molecule has 1 amide bonds. The van der Waals surface area contributed by atoms with E-state index in [1.165, 1.54) is 9.87 Å². The van der Waals surface area contributed by atoms with E-state index in [2.05, 4.69) is 5.32 Å². The summed E-state index contributed by atoms with van der Waals surface area (Å²) in [6.07, 6.45) is 2.97. The summed E-state index contributed by atoms with van der Waals surface area (Å²) in [6, 6.07) is 14.6. The minimum atomic E-state index is -3.40. The first kappa shape index (κ1) is 21.3. The van der Waals surface area contributed by atoms with E-state index >= 15 is 0 Å². The van der Waals surface area contributed by atoms with Crippen molar-refractivity contribution in [3.8, 4) is 5.75 Å². The summed E-state index contributed by atoms with van der Waals surface area (Å²) in [5, 5.41) is 2.84. The van der Waals surface area contributed by atoms with E-state index < -0.39 is 10.0 Å². The fraction of sp³-hybridized carbons (Fsp3) is 0.409. The summed E-state index contributed by atoms with van der Waals surface area (Å²) >= 11 is 0. The number of benzene rings is 2. The molecule has 29 heavy (non-hydrogen) atoms. The average Bonchev–Trinajstić information content (AvgIpc) is 3.27. The fourth-order valence-electron chi connectivity index (χ4n) is 3.25. The van der Waals surface area contributed by atoms with Gasteiger partial charge in [-0.15, -0.1) is 0 Å². The number of rotatable bonds is 9. The van der Waals surface area contributed by atoms with E-state index in [0.29, 0.717) is 44.8 Å². The molecule has 1 saturated heterocycles. The SMILES string of the molecule is Cc1ccc(CCC(=O)NCCOc2ccc(S(=O)(=O)N3CCCC3)cc2)cc1. The molecule has 2 aromatic rings. The summed E-state index contributed by atoms with van der Waals surface area (Å²) in [7, 11) is -3.40. The molecule has 0 saturated carbocycles. The van der Waals surface area contributed by atoms with Crippen LogP contribution in [0.1, 0.15) is 30.4 Å². The van der Waals surface area contributed by atoms with Crippen LogP contribution in [0.5, 0.6) is 5.75 Å². The van der Waals surface area contributed by atoms with Crippen LogP contribution >= 0.6 is 0 Å². The van der Waals surface area contributed by atoms with E-state index in [-0.39, 0.29) is 10.8 Å². The highest BCUT2D eigenvalue weighted by Crippen LogP contribution is 2.22. The Kier molecular flexibility index (Phi) is 7.28. The first-order valence-corrected chi connectivity index (χ1v) is 11.4. The highest BCUT2D eigenvalue weighted by Gasteiger charge is 2.26. The van der Waals surface area contributed by atoms with Crippen molar-refractivity contribution in [2.45, 2.75) is 37.5 Å². The Balaban J connectivity index is 1.38. The summed E-state index contributed by atoms with van der Waals surface area (Å²) in [5.74, 6) is 0.570. The van der Waals surface area contributed by atoms with Crippen molar-refractivity contribution < 1.29 is 17.9 Å². The molecular formula is C22H28N2O4S. The van der Waals surface area contributed by atoms with Gasteiger partial charge in [0, 0.05) is 19.5 Å². The van der Waals surface area contributed by atoms with E-state index in [1.54, 1.807) is 24.3 Å². The lowest BCUT2D eigenvalue weighted by molar-refractivity contribution is -0.121. The molecule has 1 aliphatic heterocycles.